The molecule has 0 aliphatic heterocycles. The highest BCUT2D eigenvalue weighted by Gasteiger charge is 2.35. The molecule has 1 atom stereocenters. The van der Waals surface area contributed by atoms with E-state index in [1.807, 2.05) is 0 Å². The third-order valence-electron chi connectivity index (χ3n) is 2.04. The summed E-state index contributed by atoms with van der Waals surface area (Å²) >= 11 is 0. The van der Waals surface area contributed by atoms with Crippen molar-refractivity contribution in [2.75, 3.05) is 6.16 Å². The van der Waals surface area contributed by atoms with Crippen LogP contribution in [0.2, 0.25) is 0 Å². The minimum absolute atomic E-state index is 0.621. The summed E-state index contributed by atoms with van der Waals surface area (Å²) in [4.78, 5) is 11.1. The maximum absolute atomic E-state index is 13.6. The molecule has 0 amide bonds. The molecule has 0 spiro atoms. The molecule has 21 heavy (non-hydrogen) atoms. The Morgan fingerprint density at radius 2 is 1.67 bits per heavy atom. The van der Waals surface area contributed by atoms with Crippen LogP contribution in [0.4, 0.5) is 30.7 Å². The summed E-state index contributed by atoms with van der Waals surface area (Å²) in [6.45, 7) is 0. The number of hydrogen-bond donors (Lipinski definition) is 0. The van der Waals surface area contributed by atoms with E-state index in [9.17, 15) is 40.2 Å². The van der Waals surface area contributed by atoms with Crippen molar-refractivity contribution in [3.63, 3.8) is 0 Å². The van der Waals surface area contributed by atoms with Gasteiger partial charge in [0, 0.05) is 5.56 Å². The van der Waals surface area contributed by atoms with Gasteiger partial charge in [0.05, 0.1) is 6.42 Å². The van der Waals surface area contributed by atoms with Gasteiger partial charge < -0.3 is 9.42 Å². The Bertz CT molecular complexity index is 553. The Kier molecular flexibility index (Phi) is 4.94. The number of benzene rings is 1. The summed E-state index contributed by atoms with van der Waals surface area (Å²) in [6.07, 6.45) is -14.0. The molecule has 1 unspecified atom stereocenters. The zero-order valence-corrected chi connectivity index (χ0v) is 10.9. The highest BCUT2D eigenvalue weighted by Crippen LogP contribution is 2.44. The molecule has 11 heteroatoms. The van der Waals surface area contributed by atoms with Crippen molar-refractivity contribution >= 4 is 7.60 Å². The second-order valence-corrected chi connectivity index (χ2v) is 5.72. The zero-order chi connectivity index (χ0) is 16.5. The lowest BCUT2D eigenvalue weighted by Gasteiger charge is -2.25. The first-order valence-corrected chi connectivity index (χ1v) is 6.92. The number of rotatable bonds is 4. The molecule has 0 aliphatic rings. The van der Waals surface area contributed by atoms with Gasteiger partial charge >= 0.3 is 12.4 Å². The van der Waals surface area contributed by atoms with Gasteiger partial charge in [0.1, 0.15) is 6.16 Å². The first-order chi connectivity index (χ1) is 9.29. The Labute approximate surface area is 113 Å². The summed E-state index contributed by atoms with van der Waals surface area (Å²) in [7, 11) is -5.53. The van der Waals surface area contributed by atoms with Gasteiger partial charge in [-0.05, 0) is 6.07 Å². The largest absolute Gasteiger partial charge is 0.769 e. The van der Waals surface area contributed by atoms with E-state index in [0.717, 1.165) is 12.1 Å². The first-order valence-electron chi connectivity index (χ1n) is 5.20. The summed E-state index contributed by atoms with van der Waals surface area (Å²) in [5.74, 6) is -2.88. The van der Waals surface area contributed by atoms with Crippen molar-refractivity contribution in [3.05, 3.63) is 29.6 Å². The van der Waals surface area contributed by atoms with Crippen LogP contribution in [-0.2, 0) is 11.0 Å². The number of alkyl halides is 6. The molecule has 1 rings (SSSR count). The highest BCUT2D eigenvalue weighted by molar-refractivity contribution is 7.51. The highest BCUT2D eigenvalue weighted by atomic mass is 31.2. The van der Waals surface area contributed by atoms with Crippen molar-refractivity contribution in [3.8, 4) is 5.75 Å². The number of hydrogen-bond acceptors (Lipinski definition) is 3. The van der Waals surface area contributed by atoms with E-state index in [-0.39, 0.29) is 0 Å². The maximum Gasteiger partial charge on any atom is 0.397 e. The van der Waals surface area contributed by atoms with Crippen LogP contribution in [0, 0.1) is 5.82 Å². The van der Waals surface area contributed by atoms with Gasteiger partial charge in [0.25, 0.3) is 0 Å². The van der Waals surface area contributed by atoms with Crippen LogP contribution >= 0.6 is 7.60 Å². The smallest absolute Gasteiger partial charge is 0.397 e. The van der Waals surface area contributed by atoms with Crippen LogP contribution in [0.5, 0.6) is 5.75 Å². The Hall–Kier alpha value is -1.28. The Morgan fingerprint density at radius 1 is 1.10 bits per heavy atom. The SMILES string of the molecule is O=P([O-])(CC(F)(F)F)Oc1cccc(CC(F)(F)F)c1F. The molecule has 1 aromatic rings. The Balaban J connectivity index is 3.00. The molecule has 0 saturated heterocycles. The lowest BCUT2D eigenvalue weighted by atomic mass is 10.1. The van der Waals surface area contributed by atoms with E-state index in [1.54, 1.807) is 0 Å². The topological polar surface area (TPSA) is 49.4 Å². The van der Waals surface area contributed by atoms with E-state index in [0.29, 0.717) is 6.07 Å². The lowest BCUT2D eigenvalue weighted by molar-refractivity contribution is -0.201. The molecular formula is C10H7F7O3P-. The van der Waals surface area contributed by atoms with Crippen LogP contribution in [0.25, 0.3) is 0 Å². The molecule has 1 aromatic carbocycles. The summed E-state index contributed by atoms with van der Waals surface area (Å²) in [6, 6.07) is 2.18. The predicted molar refractivity (Wildman–Crippen MR) is 55.3 cm³/mol. The normalized spacial score (nSPS) is 15.6. The molecule has 0 radical (unpaired) electrons. The Morgan fingerprint density at radius 3 is 2.14 bits per heavy atom. The van der Waals surface area contributed by atoms with Crippen LogP contribution in [-0.4, -0.2) is 18.5 Å². The zero-order valence-electron chi connectivity index (χ0n) is 9.96. The fourth-order valence-corrected chi connectivity index (χ4v) is 2.33. The molecule has 0 heterocycles. The van der Waals surface area contributed by atoms with Gasteiger partial charge in [-0.1, -0.05) is 12.1 Å². The lowest BCUT2D eigenvalue weighted by Crippen LogP contribution is -2.23. The summed E-state index contributed by atoms with van der Waals surface area (Å²) < 4.78 is 101. The minimum Gasteiger partial charge on any atom is -0.769 e. The average molecular weight is 339 g/mol. The molecule has 0 bridgehead atoms. The van der Waals surface area contributed by atoms with Crippen LogP contribution in [0.1, 0.15) is 5.56 Å². The van der Waals surface area contributed by atoms with Gasteiger partial charge in [-0.15, -0.1) is 0 Å². The standard InChI is InChI=1S/C10H8F7O3P/c11-8-6(4-9(12,13)14)2-1-3-7(8)20-21(18,19)5-10(15,16)17/h1-3H,4-5H2,(H,18,19)/p-1. The van der Waals surface area contributed by atoms with Gasteiger partial charge in [-0.25, -0.2) is 4.39 Å². The molecule has 3 nitrogen and oxygen atoms in total. The monoisotopic (exact) mass is 339 g/mol. The van der Waals surface area contributed by atoms with E-state index in [2.05, 4.69) is 4.52 Å². The van der Waals surface area contributed by atoms with Crippen molar-refractivity contribution in [1.82, 2.24) is 0 Å². The van der Waals surface area contributed by atoms with Crippen LogP contribution in [0.15, 0.2) is 18.2 Å². The second kappa shape index (κ2) is 5.84. The maximum atomic E-state index is 13.6. The van der Waals surface area contributed by atoms with Crippen LogP contribution < -0.4 is 9.42 Å². The third kappa shape index (κ3) is 6.34. The summed E-state index contributed by atoms with van der Waals surface area (Å²) in [5.41, 5.74) is -0.938. The molecule has 0 aliphatic carbocycles. The van der Waals surface area contributed by atoms with Crippen molar-refractivity contribution in [2.24, 2.45) is 0 Å². The number of halogens is 7. The quantitative estimate of drug-likeness (QED) is 0.624. The molecular weight excluding hydrogens is 332 g/mol. The fraction of sp³-hybridized carbons (Fsp3) is 0.400. The van der Waals surface area contributed by atoms with Gasteiger partial charge in [-0.2, -0.15) is 26.3 Å². The van der Waals surface area contributed by atoms with Crippen molar-refractivity contribution in [1.29, 1.82) is 0 Å². The molecule has 0 fully saturated rings. The molecule has 120 valence electrons. The molecule has 0 aromatic heterocycles. The molecule has 0 saturated carbocycles. The van der Waals surface area contributed by atoms with Gasteiger partial charge in [0.2, 0.25) is 0 Å². The van der Waals surface area contributed by atoms with Crippen LogP contribution in [0.3, 0.4) is 0 Å². The predicted octanol–water partition coefficient (Wildman–Crippen LogP) is 3.43. The van der Waals surface area contributed by atoms with Gasteiger partial charge in [0.15, 0.2) is 19.2 Å². The fourth-order valence-electron chi connectivity index (χ4n) is 1.38. The van der Waals surface area contributed by atoms with Crippen molar-refractivity contribution < 1.29 is 44.7 Å². The molecule has 0 N–H and O–H groups in total. The minimum atomic E-state index is -5.53. The van der Waals surface area contributed by atoms with E-state index >= 15 is 0 Å². The van der Waals surface area contributed by atoms with Crippen molar-refractivity contribution in [2.45, 2.75) is 18.8 Å². The third-order valence-corrected chi connectivity index (χ3v) is 3.27. The summed E-state index contributed by atoms with van der Waals surface area (Å²) in [5, 5.41) is 0. The average Bonchev–Trinajstić information content (AvgIpc) is 2.18. The van der Waals surface area contributed by atoms with Gasteiger partial charge in [-0.3, -0.25) is 4.57 Å². The first kappa shape index (κ1) is 17.8. The van der Waals surface area contributed by atoms with E-state index in [4.69, 9.17) is 0 Å². The van der Waals surface area contributed by atoms with E-state index in [1.165, 1.54) is 0 Å². The van der Waals surface area contributed by atoms with E-state index < -0.39 is 49.7 Å². The second-order valence-electron chi connectivity index (χ2n) is 4.00.